The Morgan fingerprint density at radius 1 is 1.09 bits per heavy atom. The van der Waals surface area contributed by atoms with E-state index in [1.807, 2.05) is 0 Å². The largest absolute Gasteiger partial charge is 0.507 e. The summed E-state index contributed by atoms with van der Waals surface area (Å²) in [6.45, 7) is 0.168. The van der Waals surface area contributed by atoms with Gasteiger partial charge in [0.15, 0.2) is 0 Å². The molecule has 122 valence electrons. The third kappa shape index (κ3) is 3.74. The number of hydrogen-bond donors (Lipinski definition) is 2. The van der Waals surface area contributed by atoms with Crippen molar-refractivity contribution in [3.63, 3.8) is 0 Å². The molecule has 2 N–H and O–H groups in total. The highest BCUT2D eigenvalue weighted by molar-refractivity contribution is 5.97. The minimum atomic E-state index is -4.83. The van der Waals surface area contributed by atoms with E-state index >= 15 is 0 Å². The van der Waals surface area contributed by atoms with E-state index in [0.29, 0.717) is 12.1 Å². The lowest BCUT2D eigenvalue weighted by atomic mass is 10.1. The van der Waals surface area contributed by atoms with Crippen molar-refractivity contribution in [2.24, 2.45) is 0 Å². The van der Waals surface area contributed by atoms with Crippen molar-refractivity contribution >= 4 is 5.91 Å². The average Bonchev–Trinajstić information content (AvgIpc) is 2.46. The Bertz CT molecular complexity index is 715. The predicted octanol–water partition coefficient (Wildman–Crippen LogP) is 3.39. The molecule has 7 heteroatoms. The summed E-state index contributed by atoms with van der Waals surface area (Å²) in [7, 11) is 1.41. The van der Waals surface area contributed by atoms with Crippen LogP contribution in [0.5, 0.6) is 11.5 Å². The minimum absolute atomic E-state index is 0.168. The van der Waals surface area contributed by atoms with Crippen LogP contribution in [-0.4, -0.2) is 28.1 Å². The highest BCUT2D eigenvalue weighted by Gasteiger charge is 2.35. The number of rotatable bonds is 3. The molecule has 2 aromatic rings. The van der Waals surface area contributed by atoms with Crippen molar-refractivity contribution in [3.8, 4) is 11.5 Å². The van der Waals surface area contributed by atoms with Crippen molar-refractivity contribution in [3.05, 3.63) is 59.2 Å². The zero-order valence-electron chi connectivity index (χ0n) is 12.1. The summed E-state index contributed by atoms with van der Waals surface area (Å²) >= 11 is 0. The second-order valence-electron chi connectivity index (χ2n) is 5.03. The van der Waals surface area contributed by atoms with Gasteiger partial charge in [-0.1, -0.05) is 30.3 Å². The zero-order valence-corrected chi connectivity index (χ0v) is 12.1. The lowest BCUT2D eigenvalue weighted by Crippen LogP contribution is -2.26. The van der Waals surface area contributed by atoms with Crippen molar-refractivity contribution in [2.75, 3.05) is 7.05 Å². The minimum Gasteiger partial charge on any atom is -0.507 e. The van der Waals surface area contributed by atoms with Gasteiger partial charge in [0.1, 0.15) is 11.5 Å². The zero-order chi connectivity index (χ0) is 17.2. The number of phenols is 2. The molecule has 0 saturated heterocycles. The lowest BCUT2D eigenvalue weighted by molar-refractivity contribution is -0.138. The first-order valence-corrected chi connectivity index (χ1v) is 6.62. The van der Waals surface area contributed by atoms with Crippen LogP contribution >= 0.6 is 0 Å². The fourth-order valence-electron chi connectivity index (χ4n) is 2.11. The van der Waals surface area contributed by atoms with Gasteiger partial charge in [-0.25, -0.2) is 0 Å². The Kier molecular flexibility index (Phi) is 4.49. The van der Waals surface area contributed by atoms with E-state index in [9.17, 15) is 28.2 Å². The molecule has 0 radical (unpaired) electrons. The third-order valence-electron chi connectivity index (χ3n) is 3.26. The third-order valence-corrected chi connectivity index (χ3v) is 3.26. The van der Waals surface area contributed by atoms with Gasteiger partial charge >= 0.3 is 6.18 Å². The molecule has 2 rings (SSSR count). The SMILES string of the molecule is CN(Cc1ccccc1)C(=O)c1cc(C(F)(F)F)c(O)cc1O. The van der Waals surface area contributed by atoms with Crippen molar-refractivity contribution < 1.29 is 28.2 Å². The van der Waals surface area contributed by atoms with E-state index in [2.05, 4.69) is 0 Å². The number of hydrogen-bond acceptors (Lipinski definition) is 3. The predicted molar refractivity (Wildman–Crippen MR) is 77.0 cm³/mol. The summed E-state index contributed by atoms with van der Waals surface area (Å²) in [6, 6.07) is 9.84. The van der Waals surface area contributed by atoms with Crippen LogP contribution in [0.1, 0.15) is 21.5 Å². The molecule has 0 aromatic heterocycles. The topological polar surface area (TPSA) is 60.8 Å². The van der Waals surface area contributed by atoms with Gasteiger partial charge < -0.3 is 15.1 Å². The van der Waals surface area contributed by atoms with Gasteiger partial charge in [-0.15, -0.1) is 0 Å². The number of halogens is 3. The highest BCUT2D eigenvalue weighted by Crippen LogP contribution is 2.39. The molecule has 0 aliphatic rings. The summed E-state index contributed by atoms with van der Waals surface area (Å²) in [5.74, 6) is -2.62. The molecule has 0 aliphatic heterocycles. The molecule has 1 amide bonds. The Morgan fingerprint density at radius 3 is 2.26 bits per heavy atom. The quantitative estimate of drug-likeness (QED) is 0.909. The Labute approximate surface area is 130 Å². The van der Waals surface area contributed by atoms with Gasteiger partial charge in [-0.05, 0) is 11.6 Å². The second-order valence-corrected chi connectivity index (χ2v) is 5.03. The first kappa shape index (κ1) is 16.7. The van der Waals surface area contributed by atoms with E-state index in [1.165, 1.54) is 11.9 Å². The van der Waals surface area contributed by atoms with E-state index in [0.717, 1.165) is 5.56 Å². The monoisotopic (exact) mass is 325 g/mol. The summed E-state index contributed by atoms with van der Waals surface area (Å²) < 4.78 is 38.4. The molecule has 0 heterocycles. The molecule has 23 heavy (non-hydrogen) atoms. The first-order valence-electron chi connectivity index (χ1n) is 6.62. The number of phenolic OH excluding ortho intramolecular Hbond substituents is 2. The number of benzene rings is 2. The maximum atomic E-state index is 12.8. The van der Waals surface area contributed by atoms with E-state index in [4.69, 9.17) is 0 Å². The van der Waals surface area contributed by atoms with E-state index in [-0.39, 0.29) is 6.54 Å². The van der Waals surface area contributed by atoms with Crippen molar-refractivity contribution in [1.29, 1.82) is 0 Å². The first-order chi connectivity index (χ1) is 10.7. The van der Waals surface area contributed by atoms with Crippen molar-refractivity contribution in [2.45, 2.75) is 12.7 Å². The Hall–Kier alpha value is -2.70. The highest BCUT2D eigenvalue weighted by atomic mass is 19.4. The van der Waals surface area contributed by atoms with E-state index in [1.54, 1.807) is 30.3 Å². The Balaban J connectivity index is 2.32. The molecule has 0 spiro atoms. The molecule has 0 fully saturated rings. The molecule has 0 bridgehead atoms. The van der Waals surface area contributed by atoms with Crippen LogP contribution in [0.3, 0.4) is 0 Å². The van der Waals surface area contributed by atoms with Crippen LogP contribution in [0.4, 0.5) is 13.2 Å². The number of amides is 1. The van der Waals surface area contributed by atoms with Crippen LogP contribution in [0, 0.1) is 0 Å². The van der Waals surface area contributed by atoms with Crippen LogP contribution in [0.2, 0.25) is 0 Å². The summed E-state index contributed by atoms with van der Waals surface area (Å²) in [6.07, 6.45) is -4.83. The smallest absolute Gasteiger partial charge is 0.419 e. The van der Waals surface area contributed by atoms with Crippen LogP contribution in [0.25, 0.3) is 0 Å². The fraction of sp³-hybridized carbons (Fsp3) is 0.188. The number of nitrogens with zero attached hydrogens (tertiary/aromatic N) is 1. The molecular formula is C16H14F3NO3. The summed E-state index contributed by atoms with van der Waals surface area (Å²) in [4.78, 5) is 13.5. The normalized spacial score (nSPS) is 11.3. The van der Waals surface area contributed by atoms with Gasteiger partial charge in [0, 0.05) is 19.7 Å². The molecular weight excluding hydrogens is 311 g/mol. The van der Waals surface area contributed by atoms with Gasteiger partial charge in [-0.3, -0.25) is 4.79 Å². The molecule has 0 saturated carbocycles. The number of carbonyl (C=O) groups excluding carboxylic acids is 1. The Morgan fingerprint density at radius 2 is 1.70 bits per heavy atom. The van der Waals surface area contributed by atoms with Crippen LogP contribution in [0.15, 0.2) is 42.5 Å². The van der Waals surface area contributed by atoms with Crippen LogP contribution < -0.4 is 0 Å². The average molecular weight is 325 g/mol. The molecule has 0 unspecified atom stereocenters. The lowest BCUT2D eigenvalue weighted by Gasteiger charge is -2.19. The maximum absolute atomic E-state index is 12.8. The van der Waals surface area contributed by atoms with Crippen molar-refractivity contribution in [1.82, 2.24) is 4.90 Å². The van der Waals surface area contributed by atoms with Gasteiger partial charge in [0.2, 0.25) is 0 Å². The second kappa shape index (κ2) is 6.20. The number of aromatic hydroxyl groups is 2. The van der Waals surface area contributed by atoms with Gasteiger partial charge in [0.25, 0.3) is 5.91 Å². The van der Waals surface area contributed by atoms with Gasteiger partial charge in [0.05, 0.1) is 11.1 Å². The van der Waals surface area contributed by atoms with Crippen LogP contribution in [-0.2, 0) is 12.7 Å². The summed E-state index contributed by atoms with van der Waals surface area (Å²) in [5, 5.41) is 19.0. The standard InChI is InChI=1S/C16H14F3NO3/c1-20(9-10-5-3-2-4-6-10)15(23)11-7-12(16(17,18)19)14(22)8-13(11)21/h2-8,21-22H,9H2,1H3. The van der Waals surface area contributed by atoms with Gasteiger partial charge in [-0.2, -0.15) is 13.2 Å². The molecule has 4 nitrogen and oxygen atoms in total. The molecule has 0 aliphatic carbocycles. The fourth-order valence-corrected chi connectivity index (χ4v) is 2.11. The maximum Gasteiger partial charge on any atom is 0.419 e. The summed E-state index contributed by atoms with van der Waals surface area (Å²) in [5.41, 5.74) is -1.10. The molecule has 0 atom stereocenters. The van der Waals surface area contributed by atoms with E-state index < -0.39 is 34.7 Å². The number of alkyl halides is 3. The molecule has 2 aromatic carbocycles. The number of carbonyl (C=O) groups is 1.